The van der Waals surface area contributed by atoms with Gasteiger partial charge in [-0.15, -0.1) is 0 Å². The van der Waals surface area contributed by atoms with Gasteiger partial charge in [0.15, 0.2) is 0 Å². The Labute approximate surface area is 105 Å². The maximum Gasteiger partial charge on any atom is 0.129 e. The number of pyridine rings is 1. The fourth-order valence-corrected chi connectivity index (χ4v) is 2.68. The Bertz CT molecular complexity index is 433. The predicted octanol–water partition coefficient (Wildman–Crippen LogP) is 3.64. The van der Waals surface area contributed by atoms with E-state index < -0.39 is 0 Å². The van der Waals surface area contributed by atoms with Crippen LogP contribution in [0.25, 0.3) is 0 Å². The van der Waals surface area contributed by atoms with E-state index in [1.54, 1.807) is 0 Å². The van der Waals surface area contributed by atoms with Crippen LogP contribution in [0.1, 0.15) is 58.2 Å². The molecule has 0 aliphatic carbocycles. The zero-order valence-corrected chi connectivity index (χ0v) is 11.9. The summed E-state index contributed by atoms with van der Waals surface area (Å²) in [4.78, 5) is 4.59. The van der Waals surface area contributed by atoms with Crippen LogP contribution < -0.4 is 5.32 Å². The Kier molecular flexibility index (Phi) is 2.72. The van der Waals surface area contributed by atoms with E-state index in [9.17, 15) is 0 Å². The van der Waals surface area contributed by atoms with Gasteiger partial charge >= 0.3 is 0 Å². The Hall–Kier alpha value is -1.05. The zero-order chi connectivity index (χ0) is 12.8. The number of fused-ring (bicyclic) bond motifs is 1. The molecule has 0 amide bonds. The summed E-state index contributed by atoms with van der Waals surface area (Å²) in [7, 11) is 0. The fourth-order valence-electron chi connectivity index (χ4n) is 2.68. The summed E-state index contributed by atoms with van der Waals surface area (Å²) in [6.45, 7) is 14.7. The molecule has 2 heteroatoms. The molecule has 1 N–H and O–H groups in total. The van der Waals surface area contributed by atoms with Crippen LogP contribution in [0.2, 0.25) is 0 Å². The second-order valence-electron chi connectivity index (χ2n) is 7.05. The Morgan fingerprint density at radius 1 is 1.06 bits per heavy atom. The van der Waals surface area contributed by atoms with Crippen molar-refractivity contribution < 1.29 is 0 Å². The summed E-state index contributed by atoms with van der Waals surface area (Å²) in [6, 6.07) is 0. The van der Waals surface area contributed by atoms with Crippen LogP contribution in [0.15, 0.2) is 6.20 Å². The van der Waals surface area contributed by atoms with E-state index in [1.165, 1.54) is 16.7 Å². The zero-order valence-electron chi connectivity index (χ0n) is 11.9. The molecule has 0 saturated heterocycles. The van der Waals surface area contributed by atoms with Gasteiger partial charge in [-0.3, -0.25) is 0 Å². The number of hydrogen-bond acceptors (Lipinski definition) is 2. The number of hydrogen-bond donors (Lipinski definition) is 1. The number of nitrogens with one attached hydrogen (secondary N) is 1. The average Bonchev–Trinajstić information content (AvgIpc) is 2.59. The van der Waals surface area contributed by atoms with Crippen LogP contribution in [0.4, 0.5) is 5.82 Å². The third kappa shape index (κ3) is 2.18. The van der Waals surface area contributed by atoms with Crippen molar-refractivity contribution in [2.75, 3.05) is 11.9 Å². The minimum absolute atomic E-state index is 0.160. The second kappa shape index (κ2) is 3.72. The number of aromatic nitrogens is 1. The van der Waals surface area contributed by atoms with Crippen LogP contribution in [0.5, 0.6) is 0 Å². The van der Waals surface area contributed by atoms with Crippen molar-refractivity contribution >= 4 is 5.82 Å². The SMILES string of the molecule is CC(C)(C)c1cnc2c(c1C(C)(C)C)CCN2. The van der Waals surface area contributed by atoms with E-state index in [0.29, 0.717) is 0 Å². The summed E-state index contributed by atoms with van der Waals surface area (Å²) in [5, 5.41) is 3.38. The maximum atomic E-state index is 4.59. The van der Waals surface area contributed by atoms with Crippen LogP contribution in [0, 0.1) is 0 Å². The number of anilines is 1. The van der Waals surface area contributed by atoms with E-state index in [-0.39, 0.29) is 10.8 Å². The lowest BCUT2D eigenvalue weighted by Crippen LogP contribution is -2.24. The van der Waals surface area contributed by atoms with Gasteiger partial charge in [0.25, 0.3) is 0 Å². The van der Waals surface area contributed by atoms with E-state index in [2.05, 4.69) is 58.0 Å². The second-order valence-corrected chi connectivity index (χ2v) is 7.05. The molecule has 2 nitrogen and oxygen atoms in total. The molecule has 0 radical (unpaired) electrons. The first-order valence-electron chi connectivity index (χ1n) is 6.48. The topological polar surface area (TPSA) is 24.9 Å². The first kappa shape index (κ1) is 12.4. The molecule has 1 aromatic rings. The summed E-state index contributed by atoms with van der Waals surface area (Å²) >= 11 is 0. The third-order valence-electron chi connectivity index (χ3n) is 3.41. The van der Waals surface area contributed by atoms with Gasteiger partial charge in [0, 0.05) is 18.3 Å². The van der Waals surface area contributed by atoms with Gasteiger partial charge in [-0.05, 0) is 28.4 Å². The first-order valence-corrected chi connectivity index (χ1v) is 6.48. The third-order valence-corrected chi connectivity index (χ3v) is 3.41. The lowest BCUT2D eigenvalue weighted by molar-refractivity contribution is 0.524. The van der Waals surface area contributed by atoms with Crippen molar-refractivity contribution in [3.63, 3.8) is 0 Å². The van der Waals surface area contributed by atoms with Crippen molar-refractivity contribution in [3.8, 4) is 0 Å². The van der Waals surface area contributed by atoms with E-state index in [4.69, 9.17) is 0 Å². The lowest BCUT2D eigenvalue weighted by Gasteiger charge is -2.31. The lowest BCUT2D eigenvalue weighted by atomic mass is 9.74. The normalized spacial score (nSPS) is 15.6. The average molecular weight is 232 g/mol. The monoisotopic (exact) mass is 232 g/mol. The van der Waals surface area contributed by atoms with E-state index in [1.807, 2.05) is 0 Å². The van der Waals surface area contributed by atoms with Gasteiger partial charge in [0.2, 0.25) is 0 Å². The number of rotatable bonds is 0. The van der Waals surface area contributed by atoms with Gasteiger partial charge in [0.1, 0.15) is 5.82 Å². The maximum absolute atomic E-state index is 4.59. The molecule has 0 spiro atoms. The molecular weight excluding hydrogens is 208 g/mol. The molecule has 94 valence electrons. The quantitative estimate of drug-likeness (QED) is 0.738. The standard InChI is InChI=1S/C15H24N2/c1-14(2,3)11-9-17-13-10(7-8-16-13)12(11)15(4,5)6/h9H,7-8H2,1-6H3,(H,16,17). The Morgan fingerprint density at radius 2 is 1.71 bits per heavy atom. The van der Waals surface area contributed by atoms with Gasteiger partial charge in [-0.2, -0.15) is 0 Å². The minimum Gasteiger partial charge on any atom is -0.370 e. The molecule has 0 bridgehead atoms. The molecule has 17 heavy (non-hydrogen) atoms. The highest BCUT2D eigenvalue weighted by molar-refractivity contribution is 5.58. The summed E-state index contributed by atoms with van der Waals surface area (Å²) < 4.78 is 0. The molecule has 0 fully saturated rings. The van der Waals surface area contributed by atoms with E-state index >= 15 is 0 Å². The highest BCUT2D eigenvalue weighted by Gasteiger charge is 2.31. The van der Waals surface area contributed by atoms with Gasteiger partial charge in [-0.1, -0.05) is 41.5 Å². The van der Waals surface area contributed by atoms with Crippen LogP contribution >= 0.6 is 0 Å². The molecule has 1 aliphatic rings. The Morgan fingerprint density at radius 3 is 2.24 bits per heavy atom. The molecule has 1 aliphatic heterocycles. The Balaban J connectivity index is 2.70. The van der Waals surface area contributed by atoms with Gasteiger partial charge < -0.3 is 5.32 Å². The van der Waals surface area contributed by atoms with Crippen LogP contribution in [-0.2, 0) is 17.3 Å². The van der Waals surface area contributed by atoms with Crippen molar-refractivity contribution in [1.29, 1.82) is 0 Å². The van der Waals surface area contributed by atoms with Crippen molar-refractivity contribution in [3.05, 3.63) is 22.9 Å². The largest absolute Gasteiger partial charge is 0.370 e. The summed E-state index contributed by atoms with van der Waals surface area (Å²) in [6.07, 6.45) is 3.18. The molecule has 0 saturated carbocycles. The fraction of sp³-hybridized carbons (Fsp3) is 0.667. The highest BCUT2D eigenvalue weighted by Crippen LogP contribution is 2.39. The number of nitrogens with zero attached hydrogens (tertiary/aromatic N) is 1. The first-order chi connectivity index (χ1) is 7.71. The molecule has 0 unspecified atom stereocenters. The van der Waals surface area contributed by atoms with E-state index in [0.717, 1.165) is 18.8 Å². The molecule has 0 atom stereocenters. The van der Waals surface area contributed by atoms with Crippen LogP contribution in [-0.4, -0.2) is 11.5 Å². The summed E-state index contributed by atoms with van der Waals surface area (Å²) in [5.41, 5.74) is 4.67. The highest BCUT2D eigenvalue weighted by atomic mass is 15.0. The van der Waals surface area contributed by atoms with Gasteiger partial charge in [0.05, 0.1) is 0 Å². The predicted molar refractivity (Wildman–Crippen MR) is 73.8 cm³/mol. The van der Waals surface area contributed by atoms with Crippen molar-refractivity contribution in [2.45, 2.75) is 58.8 Å². The molecular formula is C15H24N2. The minimum atomic E-state index is 0.160. The van der Waals surface area contributed by atoms with Crippen molar-refractivity contribution in [1.82, 2.24) is 4.98 Å². The summed E-state index contributed by atoms with van der Waals surface area (Å²) in [5.74, 6) is 1.10. The molecule has 1 aromatic heterocycles. The van der Waals surface area contributed by atoms with Crippen LogP contribution in [0.3, 0.4) is 0 Å². The van der Waals surface area contributed by atoms with Gasteiger partial charge in [-0.25, -0.2) is 4.98 Å². The molecule has 0 aromatic carbocycles. The smallest absolute Gasteiger partial charge is 0.129 e. The molecule has 2 rings (SSSR count). The van der Waals surface area contributed by atoms with Crippen molar-refractivity contribution in [2.24, 2.45) is 0 Å². The molecule has 2 heterocycles.